The lowest BCUT2D eigenvalue weighted by Crippen LogP contribution is -2.42. The van der Waals surface area contributed by atoms with Crippen LogP contribution in [-0.4, -0.2) is 24.1 Å². The second kappa shape index (κ2) is 4.89. The highest BCUT2D eigenvalue weighted by Crippen LogP contribution is 2.45. The molecule has 3 nitrogen and oxygen atoms in total. The first-order valence-electron chi connectivity index (χ1n) is 7.26. The fourth-order valence-electron chi connectivity index (χ4n) is 3.38. The van der Waals surface area contributed by atoms with E-state index in [2.05, 4.69) is 19.1 Å². The lowest BCUT2D eigenvalue weighted by Gasteiger charge is -2.41. The summed E-state index contributed by atoms with van der Waals surface area (Å²) in [5.74, 6) is -0.409. The molecule has 0 atom stereocenters. The molecule has 1 aliphatic carbocycles. The topological polar surface area (TPSA) is 38.7 Å². The smallest absolute Gasteiger partial charge is 0.168 e. The van der Waals surface area contributed by atoms with Gasteiger partial charge in [0.2, 0.25) is 0 Å². The Balaban J connectivity index is 1.81. The average Bonchev–Trinajstić information content (AvgIpc) is 2.91. The molecule has 0 bridgehead atoms. The van der Waals surface area contributed by atoms with E-state index in [0.717, 1.165) is 24.8 Å². The van der Waals surface area contributed by atoms with Gasteiger partial charge in [0.25, 0.3) is 0 Å². The Bertz CT molecular complexity index is 439. The first-order chi connectivity index (χ1) is 9.18. The molecular formula is C16H22O3. The molecule has 0 amide bonds. The molecule has 19 heavy (non-hydrogen) atoms. The van der Waals surface area contributed by atoms with Crippen molar-refractivity contribution >= 4 is 0 Å². The van der Waals surface area contributed by atoms with Crippen LogP contribution in [0.25, 0.3) is 0 Å². The molecule has 3 heteroatoms. The summed E-state index contributed by atoms with van der Waals surface area (Å²) in [7, 11) is 0. The van der Waals surface area contributed by atoms with Crippen molar-refractivity contribution in [1.29, 1.82) is 0 Å². The molecule has 0 aromatic heterocycles. The van der Waals surface area contributed by atoms with Crippen molar-refractivity contribution in [3.8, 4) is 0 Å². The van der Waals surface area contributed by atoms with Gasteiger partial charge in [-0.1, -0.05) is 31.2 Å². The van der Waals surface area contributed by atoms with Crippen molar-refractivity contribution in [2.45, 2.75) is 50.4 Å². The summed E-state index contributed by atoms with van der Waals surface area (Å²) in [5.41, 5.74) is 1.62. The molecule has 0 radical (unpaired) electrons. The van der Waals surface area contributed by atoms with Gasteiger partial charge in [0, 0.05) is 12.8 Å². The van der Waals surface area contributed by atoms with E-state index in [9.17, 15) is 5.11 Å². The highest BCUT2D eigenvalue weighted by molar-refractivity contribution is 5.33. The molecular weight excluding hydrogens is 240 g/mol. The van der Waals surface area contributed by atoms with E-state index in [0.29, 0.717) is 26.1 Å². The van der Waals surface area contributed by atoms with Crippen molar-refractivity contribution in [1.82, 2.24) is 0 Å². The van der Waals surface area contributed by atoms with Crippen molar-refractivity contribution in [3.05, 3.63) is 35.4 Å². The number of rotatable bonds is 2. The SMILES string of the molecule is CCc1ccccc1C1(O)CCC2(CC1)OCCO2. The minimum absolute atomic E-state index is 0.409. The van der Waals surface area contributed by atoms with Crippen LogP contribution in [0.3, 0.4) is 0 Å². The van der Waals surface area contributed by atoms with Gasteiger partial charge in [-0.05, 0) is 30.4 Å². The zero-order valence-electron chi connectivity index (χ0n) is 11.5. The van der Waals surface area contributed by atoms with Crippen LogP contribution in [0.2, 0.25) is 0 Å². The van der Waals surface area contributed by atoms with E-state index in [1.54, 1.807) is 0 Å². The second-order valence-corrected chi connectivity index (χ2v) is 5.65. The quantitative estimate of drug-likeness (QED) is 0.890. The number of hydrogen-bond donors (Lipinski definition) is 1. The van der Waals surface area contributed by atoms with Crippen LogP contribution in [-0.2, 0) is 21.5 Å². The highest BCUT2D eigenvalue weighted by Gasteiger charge is 2.46. The Morgan fingerprint density at radius 3 is 2.32 bits per heavy atom. The third-order valence-corrected chi connectivity index (χ3v) is 4.55. The minimum Gasteiger partial charge on any atom is -0.385 e. The van der Waals surface area contributed by atoms with Gasteiger partial charge in [0.05, 0.1) is 18.8 Å². The van der Waals surface area contributed by atoms with Crippen LogP contribution >= 0.6 is 0 Å². The zero-order valence-corrected chi connectivity index (χ0v) is 11.5. The van der Waals surface area contributed by atoms with Gasteiger partial charge in [0.1, 0.15) is 0 Å². The molecule has 1 heterocycles. The van der Waals surface area contributed by atoms with Gasteiger partial charge in [-0.25, -0.2) is 0 Å². The summed E-state index contributed by atoms with van der Waals surface area (Å²) in [6, 6.07) is 8.23. The summed E-state index contributed by atoms with van der Waals surface area (Å²) in [5, 5.41) is 11.0. The van der Waals surface area contributed by atoms with Crippen LogP contribution in [0, 0.1) is 0 Å². The summed E-state index contributed by atoms with van der Waals surface area (Å²) in [6.45, 7) is 3.50. The largest absolute Gasteiger partial charge is 0.385 e. The van der Waals surface area contributed by atoms with Crippen molar-refractivity contribution in [2.75, 3.05) is 13.2 Å². The van der Waals surface area contributed by atoms with Gasteiger partial charge >= 0.3 is 0 Å². The summed E-state index contributed by atoms with van der Waals surface area (Å²) >= 11 is 0. The standard InChI is InChI=1S/C16H22O3/c1-2-13-5-3-4-6-14(13)15(17)7-9-16(10-8-15)18-11-12-19-16/h3-6,17H,2,7-12H2,1H3. The number of aliphatic hydroxyl groups is 1. The third kappa shape index (κ3) is 2.31. The third-order valence-electron chi connectivity index (χ3n) is 4.55. The normalized spacial score (nSPS) is 24.7. The Kier molecular flexibility index (Phi) is 3.37. The van der Waals surface area contributed by atoms with E-state index < -0.39 is 11.4 Å². The molecule has 1 saturated carbocycles. The summed E-state index contributed by atoms with van der Waals surface area (Å²) < 4.78 is 11.5. The minimum atomic E-state index is -0.715. The molecule has 1 aromatic carbocycles. The molecule has 0 unspecified atom stereocenters. The Hall–Kier alpha value is -0.900. The van der Waals surface area contributed by atoms with E-state index in [4.69, 9.17) is 9.47 Å². The Morgan fingerprint density at radius 1 is 1.05 bits per heavy atom. The summed E-state index contributed by atoms with van der Waals surface area (Å²) in [4.78, 5) is 0. The maximum atomic E-state index is 11.0. The average molecular weight is 262 g/mol. The fourth-order valence-corrected chi connectivity index (χ4v) is 3.38. The molecule has 2 aliphatic rings. The van der Waals surface area contributed by atoms with E-state index in [-0.39, 0.29) is 0 Å². The van der Waals surface area contributed by atoms with Crippen LogP contribution in [0.5, 0.6) is 0 Å². The summed E-state index contributed by atoms with van der Waals surface area (Å²) in [6.07, 6.45) is 3.94. The predicted octanol–water partition coefficient (Wildman–Crippen LogP) is 2.75. The van der Waals surface area contributed by atoms with Gasteiger partial charge < -0.3 is 14.6 Å². The van der Waals surface area contributed by atoms with Crippen molar-refractivity contribution in [3.63, 3.8) is 0 Å². The first kappa shape index (κ1) is 13.1. The fraction of sp³-hybridized carbons (Fsp3) is 0.625. The van der Waals surface area contributed by atoms with E-state index in [1.165, 1.54) is 5.56 Å². The maximum Gasteiger partial charge on any atom is 0.168 e. The van der Waals surface area contributed by atoms with Crippen molar-refractivity contribution in [2.24, 2.45) is 0 Å². The number of ether oxygens (including phenoxy) is 2. The van der Waals surface area contributed by atoms with Gasteiger partial charge in [0.15, 0.2) is 5.79 Å². The van der Waals surface area contributed by atoms with Crippen molar-refractivity contribution < 1.29 is 14.6 Å². The predicted molar refractivity (Wildman–Crippen MR) is 72.8 cm³/mol. The molecule has 1 aliphatic heterocycles. The molecule has 104 valence electrons. The Labute approximate surface area is 114 Å². The number of benzene rings is 1. The van der Waals surface area contributed by atoms with Crippen LogP contribution in [0.4, 0.5) is 0 Å². The van der Waals surface area contributed by atoms with Crippen LogP contribution < -0.4 is 0 Å². The molecule has 1 spiro atoms. The van der Waals surface area contributed by atoms with Gasteiger partial charge in [-0.3, -0.25) is 0 Å². The molecule has 3 rings (SSSR count). The molecule has 2 fully saturated rings. The number of aryl methyl sites for hydroxylation is 1. The molecule has 1 aromatic rings. The second-order valence-electron chi connectivity index (χ2n) is 5.65. The maximum absolute atomic E-state index is 11.0. The highest BCUT2D eigenvalue weighted by atomic mass is 16.7. The lowest BCUT2D eigenvalue weighted by atomic mass is 9.75. The molecule has 1 saturated heterocycles. The first-order valence-corrected chi connectivity index (χ1v) is 7.26. The monoisotopic (exact) mass is 262 g/mol. The Morgan fingerprint density at radius 2 is 1.68 bits per heavy atom. The van der Waals surface area contributed by atoms with Gasteiger partial charge in [-0.15, -0.1) is 0 Å². The van der Waals surface area contributed by atoms with Crippen LogP contribution in [0.15, 0.2) is 24.3 Å². The molecule has 1 N–H and O–H groups in total. The van der Waals surface area contributed by atoms with Gasteiger partial charge in [-0.2, -0.15) is 0 Å². The number of hydrogen-bond acceptors (Lipinski definition) is 3. The van der Waals surface area contributed by atoms with Crippen LogP contribution in [0.1, 0.15) is 43.7 Å². The zero-order chi connectivity index (χ0) is 13.3. The van der Waals surface area contributed by atoms with E-state index >= 15 is 0 Å². The lowest BCUT2D eigenvalue weighted by molar-refractivity contribution is -0.204. The van der Waals surface area contributed by atoms with E-state index in [1.807, 2.05) is 12.1 Å².